The maximum Gasteiger partial charge on any atom is 0.318 e. The maximum atomic E-state index is 12.7. The number of urea groups is 1. The van der Waals surface area contributed by atoms with Crippen LogP contribution in [0, 0.1) is 5.41 Å². The summed E-state index contributed by atoms with van der Waals surface area (Å²) < 4.78 is 10.7. The molecular weight excluding hydrogens is 336 g/mol. The molecule has 1 aliphatic rings. The summed E-state index contributed by atoms with van der Waals surface area (Å²) >= 11 is 0. The van der Waals surface area contributed by atoms with Crippen LogP contribution in [0.4, 0.5) is 4.79 Å². The normalized spacial score (nSPS) is 20.6. The molecule has 2 unspecified atom stereocenters. The number of carbonyl (C=O) groups is 2. The van der Waals surface area contributed by atoms with Crippen LogP contribution in [0.5, 0.6) is 5.75 Å². The second-order valence-corrected chi connectivity index (χ2v) is 6.71. The minimum atomic E-state index is -0.905. The third-order valence-electron chi connectivity index (χ3n) is 4.82. The van der Waals surface area contributed by atoms with Gasteiger partial charge in [-0.05, 0) is 43.2 Å². The second-order valence-electron chi connectivity index (χ2n) is 6.71. The lowest BCUT2D eigenvalue weighted by molar-refractivity contribution is -0.147. The number of nitrogens with zero attached hydrogens (tertiary/aromatic N) is 1. The van der Waals surface area contributed by atoms with E-state index in [1.54, 1.807) is 32.4 Å². The van der Waals surface area contributed by atoms with Crippen LogP contribution >= 0.6 is 0 Å². The zero-order chi connectivity index (χ0) is 18.7. The van der Waals surface area contributed by atoms with Crippen molar-refractivity contribution in [2.45, 2.75) is 19.4 Å². The number of furan rings is 1. The van der Waals surface area contributed by atoms with Crippen LogP contribution in [-0.2, 0) is 4.79 Å². The summed E-state index contributed by atoms with van der Waals surface area (Å²) in [4.78, 5) is 25.6. The second kappa shape index (κ2) is 7.11. The van der Waals surface area contributed by atoms with Crippen LogP contribution < -0.4 is 10.1 Å². The molecule has 1 aromatic carbocycles. The number of rotatable bonds is 5. The van der Waals surface area contributed by atoms with Crippen molar-refractivity contribution in [2.75, 3.05) is 20.2 Å². The van der Waals surface area contributed by atoms with Gasteiger partial charge < -0.3 is 24.5 Å². The number of hydrogen-bond acceptors (Lipinski definition) is 4. The molecule has 7 nitrogen and oxygen atoms in total. The fraction of sp³-hybridized carbons (Fsp3) is 0.368. The van der Waals surface area contributed by atoms with Crippen LogP contribution in [-0.4, -0.2) is 42.2 Å². The van der Waals surface area contributed by atoms with Gasteiger partial charge in [0.05, 0.1) is 18.8 Å². The molecule has 2 aromatic rings. The van der Waals surface area contributed by atoms with E-state index in [1.165, 1.54) is 4.90 Å². The monoisotopic (exact) mass is 358 g/mol. The van der Waals surface area contributed by atoms with E-state index < -0.39 is 17.4 Å². The fourth-order valence-corrected chi connectivity index (χ4v) is 3.09. The topological polar surface area (TPSA) is 92.0 Å². The Hall–Kier alpha value is -2.96. The Bertz CT molecular complexity index is 772. The summed E-state index contributed by atoms with van der Waals surface area (Å²) in [5.74, 6) is 0.435. The van der Waals surface area contributed by atoms with Gasteiger partial charge in [-0.3, -0.25) is 4.79 Å². The molecular formula is C19H22N2O5. The number of carboxylic acid groups (broad SMARTS) is 1. The Morgan fingerprint density at radius 3 is 2.58 bits per heavy atom. The molecule has 2 N–H and O–H groups in total. The van der Waals surface area contributed by atoms with Gasteiger partial charge in [-0.25, -0.2) is 4.79 Å². The van der Waals surface area contributed by atoms with Gasteiger partial charge in [-0.15, -0.1) is 0 Å². The van der Waals surface area contributed by atoms with Gasteiger partial charge >= 0.3 is 12.0 Å². The molecule has 0 bridgehead atoms. The first kappa shape index (κ1) is 17.8. The van der Waals surface area contributed by atoms with Crippen molar-refractivity contribution in [2.24, 2.45) is 5.41 Å². The van der Waals surface area contributed by atoms with Gasteiger partial charge in [0, 0.05) is 13.1 Å². The molecule has 138 valence electrons. The molecule has 7 heteroatoms. The van der Waals surface area contributed by atoms with Gasteiger partial charge in [0.15, 0.2) is 0 Å². The van der Waals surface area contributed by atoms with Gasteiger partial charge in [-0.2, -0.15) is 0 Å². The van der Waals surface area contributed by atoms with E-state index in [2.05, 4.69) is 5.32 Å². The summed E-state index contributed by atoms with van der Waals surface area (Å²) in [6.45, 7) is 2.25. The van der Waals surface area contributed by atoms with Crippen LogP contribution in [0.2, 0.25) is 0 Å². The van der Waals surface area contributed by atoms with E-state index in [4.69, 9.17) is 9.15 Å². The van der Waals surface area contributed by atoms with Gasteiger partial charge in [-0.1, -0.05) is 12.1 Å². The first-order chi connectivity index (χ1) is 12.4. The summed E-state index contributed by atoms with van der Waals surface area (Å²) in [5, 5.41) is 12.3. The molecule has 1 aliphatic heterocycles. The number of carboxylic acids is 1. The van der Waals surface area contributed by atoms with Crippen LogP contribution in [0.3, 0.4) is 0 Å². The van der Waals surface area contributed by atoms with Crippen molar-refractivity contribution in [1.82, 2.24) is 10.2 Å². The minimum absolute atomic E-state index is 0.182. The van der Waals surface area contributed by atoms with Crippen LogP contribution in [0.1, 0.15) is 30.7 Å². The Labute approximate surface area is 151 Å². The van der Waals surface area contributed by atoms with Crippen molar-refractivity contribution in [3.63, 3.8) is 0 Å². The predicted octanol–water partition coefficient (Wildman–Crippen LogP) is 2.88. The number of methoxy groups -OCH3 is 1. The van der Waals surface area contributed by atoms with Gasteiger partial charge in [0.2, 0.25) is 0 Å². The maximum absolute atomic E-state index is 12.7. The average Bonchev–Trinajstić information content (AvgIpc) is 3.30. The van der Waals surface area contributed by atoms with Gasteiger partial charge in [0.25, 0.3) is 0 Å². The molecule has 0 aliphatic carbocycles. The largest absolute Gasteiger partial charge is 0.497 e. The third kappa shape index (κ3) is 3.51. The van der Waals surface area contributed by atoms with Crippen molar-refractivity contribution >= 4 is 12.0 Å². The zero-order valence-corrected chi connectivity index (χ0v) is 14.8. The molecule has 1 fully saturated rings. The first-order valence-corrected chi connectivity index (χ1v) is 8.39. The number of nitrogens with one attached hydrogen (secondary N) is 1. The summed E-state index contributed by atoms with van der Waals surface area (Å²) in [5.41, 5.74) is -0.0632. The van der Waals surface area contributed by atoms with E-state index >= 15 is 0 Å². The molecule has 2 amide bonds. The van der Waals surface area contributed by atoms with E-state index in [0.717, 1.165) is 11.3 Å². The lowest BCUT2D eigenvalue weighted by Gasteiger charge is -2.24. The number of amides is 2. The van der Waals surface area contributed by atoms with E-state index in [-0.39, 0.29) is 12.6 Å². The van der Waals surface area contributed by atoms with E-state index in [0.29, 0.717) is 18.7 Å². The van der Waals surface area contributed by atoms with E-state index in [1.807, 2.05) is 24.3 Å². The lowest BCUT2D eigenvalue weighted by Crippen LogP contribution is -2.42. The molecule has 26 heavy (non-hydrogen) atoms. The molecule has 1 saturated heterocycles. The minimum Gasteiger partial charge on any atom is -0.497 e. The SMILES string of the molecule is COc1ccc(C(NC(=O)N2CCC(C)(C(=O)O)C2)c2ccco2)cc1. The highest BCUT2D eigenvalue weighted by Crippen LogP contribution is 2.31. The Morgan fingerprint density at radius 2 is 2.04 bits per heavy atom. The van der Waals surface area contributed by atoms with Crippen LogP contribution in [0.15, 0.2) is 47.1 Å². The standard InChI is InChI=1S/C19H22N2O5/c1-19(17(22)23)9-10-21(12-19)18(24)20-16(15-4-3-11-26-15)13-5-7-14(25-2)8-6-13/h3-8,11,16H,9-10,12H2,1-2H3,(H,20,24)(H,22,23). The van der Waals surface area contributed by atoms with Gasteiger partial charge in [0.1, 0.15) is 17.6 Å². The van der Waals surface area contributed by atoms with Crippen molar-refractivity contribution in [3.05, 3.63) is 54.0 Å². The summed E-state index contributed by atoms with van der Waals surface area (Å²) in [6.07, 6.45) is 1.99. The zero-order valence-electron chi connectivity index (χ0n) is 14.8. The fourth-order valence-electron chi connectivity index (χ4n) is 3.09. The van der Waals surface area contributed by atoms with Crippen LogP contribution in [0.25, 0.3) is 0 Å². The Kier molecular flexibility index (Phi) is 4.88. The number of likely N-dealkylation sites (tertiary alicyclic amines) is 1. The molecule has 3 rings (SSSR count). The quantitative estimate of drug-likeness (QED) is 0.857. The molecule has 1 aromatic heterocycles. The van der Waals surface area contributed by atoms with E-state index in [9.17, 15) is 14.7 Å². The third-order valence-corrected chi connectivity index (χ3v) is 4.82. The summed E-state index contributed by atoms with van der Waals surface area (Å²) in [7, 11) is 1.59. The van der Waals surface area contributed by atoms with Crippen molar-refractivity contribution in [3.8, 4) is 5.75 Å². The molecule has 2 heterocycles. The Morgan fingerprint density at radius 1 is 1.31 bits per heavy atom. The number of ether oxygens (including phenoxy) is 1. The highest BCUT2D eigenvalue weighted by atomic mass is 16.5. The lowest BCUT2D eigenvalue weighted by atomic mass is 9.90. The number of aliphatic carboxylic acids is 1. The predicted molar refractivity (Wildman–Crippen MR) is 94.0 cm³/mol. The number of carbonyl (C=O) groups excluding carboxylic acids is 1. The molecule has 0 spiro atoms. The summed E-state index contributed by atoms with van der Waals surface area (Å²) in [6, 6.07) is 10.1. The smallest absolute Gasteiger partial charge is 0.318 e. The molecule has 0 radical (unpaired) electrons. The first-order valence-electron chi connectivity index (χ1n) is 8.39. The molecule has 0 saturated carbocycles. The highest BCUT2D eigenvalue weighted by molar-refractivity contribution is 5.80. The molecule has 2 atom stereocenters. The van der Waals surface area contributed by atoms with Crippen molar-refractivity contribution < 1.29 is 23.8 Å². The highest BCUT2D eigenvalue weighted by Gasteiger charge is 2.42. The average molecular weight is 358 g/mol. The number of hydrogen-bond donors (Lipinski definition) is 2. The van der Waals surface area contributed by atoms with Crippen molar-refractivity contribution in [1.29, 1.82) is 0 Å². The number of benzene rings is 1. The Balaban J connectivity index is 1.78.